The number of methoxy groups -OCH3 is 2. The van der Waals surface area contributed by atoms with Crippen LogP contribution in [0, 0.1) is 11.6 Å². The second kappa shape index (κ2) is 24.7. The lowest BCUT2D eigenvalue weighted by Gasteiger charge is -2.19. The average molecular weight is 1040 g/mol. The zero-order valence-electron chi connectivity index (χ0n) is 43.3. The zero-order valence-corrected chi connectivity index (χ0v) is 44.9. The maximum Gasteiger partial charge on any atom is 0.333 e. The Labute approximate surface area is 422 Å². The number of nitrogen functional groups attached to an aromatic ring is 1. The van der Waals surface area contributed by atoms with Crippen LogP contribution in [-0.4, -0.2) is 105 Å². The van der Waals surface area contributed by atoms with Crippen molar-refractivity contribution in [1.29, 1.82) is 0 Å². The quantitative estimate of drug-likeness (QED) is 0.0669. The number of urea groups is 1. The van der Waals surface area contributed by atoms with Crippen molar-refractivity contribution in [2.24, 2.45) is 5.14 Å². The summed E-state index contributed by atoms with van der Waals surface area (Å²) in [5.74, 6) is -0.0182. The number of halogens is 2. The Morgan fingerprint density at radius 2 is 1.10 bits per heavy atom. The molecule has 2 aromatic carbocycles. The van der Waals surface area contributed by atoms with Gasteiger partial charge in [-0.1, -0.05) is 27.7 Å². The summed E-state index contributed by atoms with van der Waals surface area (Å²) >= 11 is 0. The van der Waals surface area contributed by atoms with E-state index in [1.54, 1.807) is 46.9 Å². The summed E-state index contributed by atoms with van der Waals surface area (Å²) in [6, 6.07) is 14.3. The molecule has 6 rings (SSSR count). The molecule has 0 aliphatic rings. The number of hydrogen-bond donors (Lipinski definition) is 4. The number of benzene rings is 2. The van der Waals surface area contributed by atoms with Crippen LogP contribution in [-0.2, 0) is 33.1 Å². The van der Waals surface area contributed by atoms with E-state index in [2.05, 4.69) is 25.5 Å². The predicted octanol–water partition coefficient (Wildman–Crippen LogP) is 8.14. The Balaban J connectivity index is 0.000000267. The minimum absolute atomic E-state index is 0.0712. The first-order valence-corrected chi connectivity index (χ1v) is 25.9. The third-order valence-corrected chi connectivity index (χ3v) is 12.6. The number of rotatable bonds is 16. The minimum Gasteiger partial charge on any atom is -0.481 e. The first kappa shape index (κ1) is 58.0. The number of sulfonamides is 2. The maximum absolute atomic E-state index is 14.6. The zero-order chi connectivity index (χ0) is 54.0. The van der Waals surface area contributed by atoms with Gasteiger partial charge in [-0.3, -0.25) is 9.36 Å². The van der Waals surface area contributed by atoms with E-state index in [0.29, 0.717) is 58.5 Å². The van der Waals surface area contributed by atoms with Gasteiger partial charge in [-0.05, 0) is 126 Å². The number of anilines is 2. The SMILES string of the molecule is CC(C)n1nc(S(N)(=O)=O)cc1CN(C)C.COc1cc(-c2cc(F)cc(C(C)C)c2N)ccn1.COc1cc(-c2cc(F)cc(C(C)C)c2NC(=O)NS(=O)(=O)c2cc(CN(C)C)n(C(C)C)n2)ccn1. The van der Waals surface area contributed by atoms with Crippen LogP contribution in [0.4, 0.5) is 25.0 Å². The molecular formula is C49H68F2N12O7S2. The Bertz CT molecular complexity index is 3050. The van der Waals surface area contributed by atoms with Gasteiger partial charge < -0.3 is 30.3 Å². The molecule has 0 fully saturated rings. The van der Waals surface area contributed by atoms with Gasteiger partial charge in [-0.2, -0.15) is 18.6 Å². The molecule has 4 heterocycles. The number of primary sulfonamides is 1. The van der Waals surface area contributed by atoms with Gasteiger partial charge in [-0.25, -0.2) is 41.8 Å². The molecule has 0 atom stereocenters. The molecule has 2 amide bonds. The van der Waals surface area contributed by atoms with Crippen molar-refractivity contribution < 1.29 is 39.9 Å². The van der Waals surface area contributed by atoms with E-state index in [1.165, 1.54) is 49.7 Å². The molecule has 6 N–H and O–H groups in total. The van der Waals surface area contributed by atoms with Crippen LogP contribution in [0.2, 0.25) is 0 Å². The van der Waals surface area contributed by atoms with Crippen LogP contribution in [0.1, 0.15) is 102 Å². The summed E-state index contributed by atoms with van der Waals surface area (Å²) in [5.41, 5.74) is 12.2. The van der Waals surface area contributed by atoms with Gasteiger partial charge in [0.15, 0.2) is 10.1 Å². The van der Waals surface area contributed by atoms with E-state index < -0.39 is 31.9 Å². The molecule has 0 radical (unpaired) electrons. The second-order valence-corrected chi connectivity index (χ2v) is 21.6. The molecule has 0 aliphatic carbocycles. The number of aromatic nitrogens is 6. The highest BCUT2D eigenvalue weighted by molar-refractivity contribution is 7.90. The standard InChI is InChI=1S/C25H33FN6O4S.C15H17FN2O.C9H18N4O2S/c1-15(2)20-11-18(26)12-21(17-8-9-27-22(10-17)36-7)24(20)28-25(33)30-37(34,35)23-13-19(14-31(5)6)32(29-23)16(3)4;1-9(2)12-7-11(16)8-13(15(12)17)10-4-5-18-14(6-10)19-3;1-7(2)13-8(6-12(3)4)5-9(11-13)16(10,14)15/h8-13,15-16H,14H2,1-7H3,(H2,28,30,33);4-9H,17H2,1-3H3;5,7H,6H2,1-4H3,(H2,10,14,15). The molecule has 0 aliphatic heterocycles. The normalized spacial score (nSPS) is 11.8. The smallest absolute Gasteiger partial charge is 0.333 e. The third kappa shape index (κ3) is 15.5. The van der Waals surface area contributed by atoms with Crippen LogP contribution < -0.4 is 30.4 Å². The van der Waals surface area contributed by atoms with Gasteiger partial charge >= 0.3 is 6.03 Å². The fourth-order valence-corrected chi connectivity index (χ4v) is 8.75. The highest BCUT2D eigenvalue weighted by Crippen LogP contribution is 2.37. The van der Waals surface area contributed by atoms with Gasteiger partial charge in [0.25, 0.3) is 20.0 Å². The number of ether oxygens (including phenoxy) is 2. The molecule has 0 bridgehead atoms. The van der Waals surface area contributed by atoms with Gasteiger partial charge in [0.1, 0.15) is 11.6 Å². The van der Waals surface area contributed by atoms with E-state index in [4.69, 9.17) is 20.3 Å². The van der Waals surface area contributed by atoms with Gasteiger partial charge in [0, 0.05) is 78.6 Å². The molecule has 0 spiro atoms. The fourth-order valence-electron chi connectivity index (χ4n) is 7.36. The largest absolute Gasteiger partial charge is 0.481 e. The van der Waals surface area contributed by atoms with Crippen molar-refractivity contribution >= 4 is 37.5 Å². The first-order valence-electron chi connectivity index (χ1n) is 22.8. The number of carbonyl (C=O) groups is 1. The van der Waals surface area contributed by atoms with Crippen LogP contribution in [0.25, 0.3) is 22.3 Å². The Hall–Kier alpha value is -6.53. The van der Waals surface area contributed by atoms with E-state index in [0.717, 1.165) is 16.8 Å². The van der Waals surface area contributed by atoms with Gasteiger partial charge in [-0.15, -0.1) is 0 Å². The number of nitrogens with one attached hydrogen (secondary N) is 2. The van der Waals surface area contributed by atoms with E-state index in [9.17, 15) is 30.4 Å². The van der Waals surface area contributed by atoms with Gasteiger partial charge in [0.05, 0.1) is 31.3 Å². The van der Waals surface area contributed by atoms with Gasteiger partial charge in [0.2, 0.25) is 11.8 Å². The van der Waals surface area contributed by atoms with Crippen molar-refractivity contribution in [2.75, 3.05) is 53.5 Å². The average Bonchev–Trinajstić information content (AvgIpc) is 3.93. The fraction of sp³-hybridized carbons (Fsp3) is 0.408. The maximum atomic E-state index is 14.6. The minimum atomic E-state index is -4.30. The highest BCUT2D eigenvalue weighted by atomic mass is 32.2. The first-order chi connectivity index (χ1) is 33.6. The number of nitrogens with two attached hydrogens (primary N) is 2. The molecular weight excluding hydrogens is 971 g/mol. The molecule has 0 saturated heterocycles. The lowest BCUT2D eigenvalue weighted by molar-refractivity contribution is 0.256. The molecule has 0 unspecified atom stereocenters. The number of amides is 2. The summed E-state index contributed by atoms with van der Waals surface area (Å²) in [5, 5.41) is 15.6. The molecule has 0 saturated carbocycles. The van der Waals surface area contributed by atoms with Crippen molar-refractivity contribution in [2.45, 2.75) is 102 Å². The monoisotopic (exact) mass is 1040 g/mol. The van der Waals surface area contributed by atoms with Crippen LogP contribution >= 0.6 is 0 Å². The van der Waals surface area contributed by atoms with Crippen molar-refractivity contribution in [3.8, 4) is 34.0 Å². The summed E-state index contributed by atoms with van der Waals surface area (Å²) in [4.78, 5) is 24.9. The third-order valence-electron chi connectivity index (χ3n) is 10.6. The summed E-state index contributed by atoms with van der Waals surface area (Å²) in [6.07, 6.45) is 3.12. The van der Waals surface area contributed by atoms with E-state index in [-0.39, 0.29) is 45.5 Å². The van der Waals surface area contributed by atoms with Crippen LogP contribution in [0.15, 0.2) is 83.1 Å². The van der Waals surface area contributed by atoms with Crippen LogP contribution in [0.5, 0.6) is 11.8 Å². The van der Waals surface area contributed by atoms with Crippen molar-refractivity contribution in [3.05, 3.63) is 107 Å². The van der Waals surface area contributed by atoms with Crippen molar-refractivity contribution in [1.82, 2.24) is 44.1 Å². The predicted molar refractivity (Wildman–Crippen MR) is 276 cm³/mol. The lowest BCUT2D eigenvalue weighted by atomic mass is 9.94. The Kier molecular flexibility index (Phi) is 19.9. The lowest BCUT2D eigenvalue weighted by Crippen LogP contribution is -2.35. The number of nitrogens with zero attached hydrogens (tertiary/aromatic N) is 8. The molecule has 392 valence electrons. The number of pyridine rings is 2. The van der Waals surface area contributed by atoms with E-state index >= 15 is 0 Å². The topological polar surface area (TPSA) is 248 Å². The molecule has 72 heavy (non-hydrogen) atoms. The van der Waals surface area contributed by atoms with E-state index in [1.807, 2.05) is 98.1 Å². The number of hydrogen-bond acceptors (Lipinski definition) is 14. The number of carbonyl (C=O) groups excluding carboxylic acids is 1. The molecule has 23 heteroatoms. The summed E-state index contributed by atoms with van der Waals surface area (Å²) < 4.78 is 92.4. The Morgan fingerprint density at radius 1 is 0.667 bits per heavy atom. The molecule has 19 nitrogen and oxygen atoms in total. The molecule has 4 aromatic heterocycles. The Morgan fingerprint density at radius 3 is 1.53 bits per heavy atom. The summed E-state index contributed by atoms with van der Waals surface area (Å²) in [6.45, 7) is 16.4. The van der Waals surface area contributed by atoms with Crippen LogP contribution in [0.3, 0.4) is 0 Å². The highest BCUT2D eigenvalue weighted by Gasteiger charge is 2.26. The van der Waals surface area contributed by atoms with Crippen molar-refractivity contribution in [3.63, 3.8) is 0 Å². The summed E-state index contributed by atoms with van der Waals surface area (Å²) in [7, 11) is 2.53. The second-order valence-electron chi connectivity index (χ2n) is 18.5. The molecule has 6 aromatic rings.